The van der Waals surface area contributed by atoms with Crippen LogP contribution in [0.5, 0.6) is 0 Å². The Labute approximate surface area is 94.4 Å². The lowest BCUT2D eigenvalue weighted by Crippen LogP contribution is -2.42. The van der Waals surface area contributed by atoms with Crippen LogP contribution < -0.4 is 0 Å². The summed E-state index contributed by atoms with van der Waals surface area (Å²) in [6.07, 6.45) is 0.498. The number of carbonyl (C=O) groups is 2. The third kappa shape index (κ3) is 3.37. The number of likely N-dealkylation sites (tertiary alicyclic amines) is 1. The number of aliphatic hydroxyl groups is 1. The second kappa shape index (κ2) is 4.69. The molecule has 0 aliphatic carbocycles. The Bertz CT molecular complexity index is 291. The van der Waals surface area contributed by atoms with Crippen molar-refractivity contribution in [3.8, 4) is 0 Å². The summed E-state index contributed by atoms with van der Waals surface area (Å²) in [6.45, 7) is 2.71. The number of β-amino-alcohol motifs (C(OH)–C–C–N with tert-alkyl or cyclic N) is 1. The summed E-state index contributed by atoms with van der Waals surface area (Å²) < 4.78 is 0. The monoisotopic (exact) mass is 230 g/mol. The molecule has 6 nitrogen and oxygen atoms in total. The van der Waals surface area contributed by atoms with Crippen molar-refractivity contribution in [2.75, 3.05) is 26.7 Å². The molecule has 0 saturated carbocycles. The predicted molar refractivity (Wildman–Crippen MR) is 57.1 cm³/mol. The van der Waals surface area contributed by atoms with E-state index >= 15 is 0 Å². The van der Waals surface area contributed by atoms with Crippen LogP contribution in [0.2, 0.25) is 0 Å². The van der Waals surface area contributed by atoms with Gasteiger partial charge in [0.2, 0.25) is 0 Å². The number of hydrogen-bond donors (Lipinski definition) is 2. The van der Waals surface area contributed by atoms with E-state index in [0.29, 0.717) is 19.5 Å². The van der Waals surface area contributed by atoms with E-state index in [1.807, 2.05) is 0 Å². The molecule has 0 spiro atoms. The molecule has 0 aromatic heterocycles. The maximum Gasteiger partial charge on any atom is 0.319 e. The van der Waals surface area contributed by atoms with Gasteiger partial charge in [-0.3, -0.25) is 4.79 Å². The number of carboxylic acids is 1. The summed E-state index contributed by atoms with van der Waals surface area (Å²) in [7, 11) is 1.57. The van der Waals surface area contributed by atoms with E-state index in [-0.39, 0.29) is 19.0 Å². The average molecular weight is 230 g/mol. The predicted octanol–water partition coefficient (Wildman–Crippen LogP) is -0.0304. The number of hydrogen-bond acceptors (Lipinski definition) is 3. The molecule has 1 atom stereocenters. The van der Waals surface area contributed by atoms with E-state index in [2.05, 4.69) is 0 Å². The molecule has 1 saturated heterocycles. The molecule has 1 fully saturated rings. The van der Waals surface area contributed by atoms with Gasteiger partial charge in [-0.05, 0) is 13.3 Å². The molecule has 1 aliphatic heterocycles. The van der Waals surface area contributed by atoms with Gasteiger partial charge in [-0.2, -0.15) is 0 Å². The molecule has 92 valence electrons. The van der Waals surface area contributed by atoms with Gasteiger partial charge < -0.3 is 20.0 Å². The van der Waals surface area contributed by atoms with Crippen LogP contribution in [-0.2, 0) is 4.79 Å². The number of carbonyl (C=O) groups excluding carboxylic acids is 1. The van der Waals surface area contributed by atoms with Crippen LogP contribution in [0.4, 0.5) is 4.79 Å². The molecule has 1 unspecified atom stereocenters. The van der Waals surface area contributed by atoms with Gasteiger partial charge in [-0.15, -0.1) is 0 Å². The summed E-state index contributed by atoms with van der Waals surface area (Å²) in [6, 6.07) is -0.223. The van der Waals surface area contributed by atoms with Gasteiger partial charge in [-0.1, -0.05) is 0 Å². The molecule has 1 heterocycles. The molecule has 0 radical (unpaired) electrons. The Morgan fingerprint density at radius 1 is 1.50 bits per heavy atom. The van der Waals surface area contributed by atoms with Gasteiger partial charge in [0.25, 0.3) is 0 Å². The normalized spacial score (nSPS) is 24.6. The van der Waals surface area contributed by atoms with Crippen LogP contribution >= 0.6 is 0 Å². The quantitative estimate of drug-likeness (QED) is 0.713. The lowest BCUT2D eigenvalue weighted by atomic mass is 10.1. The van der Waals surface area contributed by atoms with Crippen LogP contribution in [0.25, 0.3) is 0 Å². The van der Waals surface area contributed by atoms with Gasteiger partial charge in [0.15, 0.2) is 0 Å². The number of rotatable bonds is 3. The Morgan fingerprint density at radius 2 is 2.12 bits per heavy atom. The Hall–Kier alpha value is -1.30. The number of amides is 2. The van der Waals surface area contributed by atoms with Crippen LogP contribution in [0, 0.1) is 0 Å². The van der Waals surface area contributed by atoms with E-state index in [4.69, 9.17) is 5.11 Å². The molecule has 2 amide bonds. The van der Waals surface area contributed by atoms with Gasteiger partial charge in [0.05, 0.1) is 18.6 Å². The van der Waals surface area contributed by atoms with Crippen LogP contribution in [0.15, 0.2) is 0 Å². The highest BCUT2D eigenvalue weighted by molar-refractivity contribution is 5.75. The first-order valence-corrected chi connectivity index (χ1v) is 5.26. The van der Waals surface area contributed by atoms with Gasteiger partial charge in [0.1, 0.15) is 0 Å². The first-order valence-electron chi connectivity index (χ1n) is 5.26. The van der Waals surface area contributed by atoms with Crippen molar-refractivity contribution >= 4 is 12.0 Å². The Balaban J connectivity index is 2.43. The van der Waals surface area contributed by atoms with Crippen molar-refractivity contribution in [3.63, 3.8) is 0 Å². The van der Waals surface area contributed by atoms with Crippen molar-refractivity contribution in [2.45, 2.75) is 25.4 Å². The lowest BCUT2D eigenvalue weighted by Gasteiger charge is -2.25. The Morgan fingerprint density at radius 3 is 2.56 bits per heavy atom. The van der Waals surface area contributed by atoms with E-state index in [9.17, 15) is 14.7 Å². The van der Waals surface area contributed by atoms with Gasteiger partial charge in [0, 0.05) is 20.1 Å². The van der Waals surface area contributed by atoms with Crippen molar-refractivity contribution in [1.29, 1.82) is 0 Å². The fourth-order valence-corrected chi connectivity index (χ4v) is 1.71. The fraction of sp³-hybridized carbons (Fsp3) is 0.800. The van der Waals surface area contributed by atoms with Gasteiger partial charge in [-0.25, -0.2) is 4.79 Å². The zero-order valence-electron chi connectivity index (χ0n) is 9.64. The summed E-state index contributed by atoms with van der Waals surface area (Å²) >= 11 is 0. The van der Waals surface area contributed by atoms with Crippen molar-refractivity contribution in [3.05, 3.63) is 0 Å². The third-order valence-electron chi connectivity index (χ3n) is 2.71. The summed E-state index contributed by atoms with van der Waals surface area (Å²) in [5, 5.41) is 18.2. The molecule has 16 heavy (non-hydrogen) atoms. The van der Waals surface area contributed by atoms with Crippen LogP contribution in [-0.4, -0.2) is 64.3 Å². The summed E-state index contributed by atoms with van der Waals surface area (Å²) in [5.41, 5.74) is -0.816. The van der Waals surface area contributed by atoms with E-state index in [0.717, 1.165) is 0 Å². The molecular formula is C10H18N2O4. The second-order valence-electron chi connectivity index (χ2n) is 4.52. The zero-order valence-corrected chi connectivity index (χ0v) is 9.64. The maximum atomic E-state index is 11.8. The Kier molecular flexibility index (Phi) is 3.74. The zero-order chi connectivity index (χ0) is 12.3. The molecule has 0 aromatic rings. The maximum absolute atomic E-state index is 11.8. The molecule has 1 aliphatic rings. The highest BCUT2D eigenvalue weighted by Crippen LogP contribution is 2.20. The SMILES string of the molecule is CN(CCC(=O)O)C(=O)N1CCC(C)(O)C1. The smallest absolute Gasteiger partial charge is 0.319 e. The second-order valence-corrected chi connectivity index (χ2v) is 4.52. The van der Waals surface area contributed by atoms with Gasteiger partial charge >= 0.3 is 12.0 Å². The minimum atomic E-state index is -0.923. The van der Waals surface area contributed by atoms with E-state index in [1.54, 1.807) is 18.9 Å². The molecule has 2 N–H and O–H groups in total. The topological polar surface area (TPSA) is 81.1 Å². The lowest BCUT2D eigenvalue weighted by molar-refractivity contribution is -0.137. The standard InChI is InChI=1S/C10H18N2O4/c1-10(16)4-6-12(7-10)9(15)11(2)5-3-8(13)14/h16H,3-7H2,1-2H3,(H,13,14). The van der Waals surface area contributed by atoms with Crippen molar-refractivity contribution in [1.82, 2.24) is 9.80 Å². The number of nitrogens with zero attached hydrogens (tertiary/aromatic N) is 2. The molecule has 6 heteroatoms. The third-order valence-corrected chi connectivity index (χ3v) is 2.71. The largest absolute Gasteiger partial charge is 0.481 e. The summed E-state index contributed by atoms with van der Waals surface area (Å²) in [4.78, 5) is 25.1. The van der Waals surface area contributed by atoms with Crippen molar-refractivity contribution in [2.24, 2.45) is 0 Å². The van der Waals surface area contributed by atoms with Crippen LogP contribution in [0.3, 0.4) is 0 Å². The number of urea groups is 1. The highest BCUT2D eigenvalue weighted by Gasteiger charge is 2.34. The molecule has 0 aromatic carbocycles. The van der Waals surface area contributed by atoms with Crippen LogP contribution in [0.1, 0.15) is 19.8 Å². The molecule has 0 bridgehead atoms. The molecule has 1 rings (SSSR count). The number of carboxylic acid groups (broad SMARTS) is 1. The average Bonchev–Trinajstić information content (AvgIpc) is 2.54. The summed E-state index contributed by atoms with van der Waals surface area (Å²) in [5.74, 6) is -0.923. The van der Waals surface area contributed by atoms with E-state index in [1.165, 1.54) is 4.90 Å². The van der Waals surface area contributed by atoms with Crippen molar-refractivity contribution < 1.29 is 19.8 Å². The number of aliphatic carboxylic acids is 1. The molecular weight excluding hydrogens is 212 g/mol. The minimum absolute atomic E-state index is 0.0630. The minimum Gasteiger partial charge on any atom is -0.481 e. The fourth-order valence-electron chi connectivity index (χ4n) is 1.71. The first-order chi connectivity index (χ1) is 7.32. The van der Waals surface area contributed by atoms with E-state index < -0.39 is 11.6 Å². The first kappa shape index (κ1) is 12.8. The highest BCUT2D eigenvalue weighted by atomic mass is 16.4.